The molecule has 0 spiro atoms. The number of unbranched alkanes of at least 4 members (excludes halogenated alkanes) is 1. The molecule has 2 aliphatic rings. The van der Waals surface area contributed by atoms with Gasteiger partial charge in [-0.2, -0.15) is 0 Å². The number of benzene rings is 2. The third-order valence-corrected chi connectivity index (χ3v) is 8.27. The van der Waals surface area contributed by atoms with Gasteiger partial charge in [0.15, 0.2) is 0 Å². The molecule has 2 atom stereocenters. The lowest BCUT2D eigenvalue weighted by molar-refractivity contribution is -0.131. The Bertz CT molecular complexity index is 1250. The van der Waals surface area contributed by atoms with Gasteiger partial charge >= 0.3 is 6.09 Å². The molecule has 0 saturated carbocycles. The van der Waals surface area contributed by atoms with Crippen LogP contribution in [0.1, 0.15) is 64.0 Å². The molecule has 2 heterocycles. The van der Waals surface area contributed by atoms with Crippen LogP contribution in [-0.2, 0) is 24.5 Å². The number of nitrogens with zero attached hydrogens (tertiary/aromatic N) is 1. The number of methoxy groups -OCH3 is 1. The van der Waals surface area contributed by atoms with Crippen molar-refractivity contribution in [2.24, 2.45) is 11.8 Å². The number of ether oxygens (including phenoxy) is 3. The maximum absolute atomic E-state index is 14.0. The molecule has 10 nitrogen and oxygen atoms in total. The Morgan fingerprint density at radius 1 is 0.932 bits per heavy atom. The minimum Gasteiger partial charge on any atom is -0.457 e. The summed E-state index contributed by atoms with van der Waals surface area (Å²) in [6.45, 7) is 6.92. The third kappa shape index (κ3) is 8.09. The summed E-state index contributed by atoms with van der Waals surface area (Å²) < 4.78 is 17.2. The Morgan fingerprint density at radius 2 is 1.52 bits per heavy atom. The summed E-state index contributed by atoms with van der Waals surface area (Å²) in [7, 11) is 1.69. The van der Waals surface area contributed by atoms with E-state index < -0.39 is 28.9 Å². The van der Waals surface area contributed by atoms with Gasteiger partial charge < -0.3 is 34.9 Å². The fraction of sp³-hybridized carbons (Fsp3) is 0.559. The molecule has 2 aromatic rings. The first-order valence-electron chi connectivity index (χ1n) is 15.6. The van der Waals surface area contributed by atoms with Gasteiger partial charge in [0.25, 0.3) is 0 Å². The second-order valence-electron chi connectivity index (χ2n) is 12.7. The van der Waals surface area contributed by atoms with E-state index in [0.29, 0.717) is 32.5 Å². The molecule has 0 bridgehead atoms. The Hall–Kier alpha value is -3.63. The highest BCUT2D eigenvalue weighted by Crippen LogP contribution is 2.50. The fourth-order valence-electron chi connectivity index (χ4n) is 6.16. The number of para-hydroxylation sites is 2. The Morgan fingerprint density at radius 3 is 2.09 bits per heavy atom. The summed E-state index contributed by atoms with van der Waals surface area (Å²) in [5, 5.41) is 15.2. The molecule has 240 valence electrons. The lowest BCUT2D eigenvalue weighted by atomic mass is 9.69. The number of nitrogens with one attached hydrogen (secondary N) is 2. The van der Waals surface area contributed by atoms with E-state index in [-0.39, 0.29) is 31.5 Å². The summed E-state index contributed by atoms with van der Waals surface area (Å²) in [4.78, 5) is 41.6. The summed E-state index contributed by atoms with van der Waals surface area (Å²) >= 11 is 0. The number of rotatable bonds is 12. The summed E-state index contributed by atoms with van der Waals surface area (Å²) in [5.41, 5.74) is 0.757. The standard InChI is InChI=1S/C34H47N3O7/c1-33(2,3)44-32(41)37-21-24(30(39)35-17-11-18-38)20-25(22-37)31(40)36-23-34(16-9-10-19-42-4)26-12-5-7-14-28(26)43-29-15-8-6-13-27(29)34/h5-8,12-15,24-25,38H,9-11,16-23H2,1-4H3,(H,35,39)(H,36,40)/t24-,25+/m1/s1. The number of hydrogen-bond donors (Lipinski definition) is 3. The molecule has 3 N–H and O–H groups in total. The van der Waals surface area contributed by atoms with E-state index in [1.165, 1.54) is 4.90 Å². The largest absolute Gasteiger partial charge is 0.457 e. The first-order chi connectivity index (χ1) is 21.1. The van der Waals surface area contributed by atoms with Crippen LogP contribution < -0.4 is 15.4 Å². The second kappa shape index (κ2) is 14.9. The molecule has 2 aromatic carbocycles. The zero-order valence-electron chi connectivity index (χ0n) is 26.4. The van der Waals surface area contributed by atoms with Crippen molar-refractivity contribution in [3.63, 3.8) is 0 Å². The molecule has 0 radical (unpaired) electrons. The van der Waals surface area contributed by atoms with Gasteiger partial charge in [0.1, 0.15) is 17.1 Å². The van der Waals surface area contributed by atoms with Gasteiger partial charge in [0.2, 0.25) is 11.8 Å². The smallest absolute Gasteiger partial charge is 0.410 e. The van der Waals surface area contributed by atoms with Crippen LogP contribution in [-0.4, -0.2) is 80.0 Å². The monoisotopic (exact) mass is 609 g/mol. The zero-order valence-corrected chi connectivity index (χ0v) is 26.4. The summed E-state index contributed by atoms with van der Waals surface area (Å²) in [5.74, 6) is -0.129. The number of piperidine rings is 1. The average Bonchev–Trinajstić information content (AvgIpc) is 3.00. The highest BCUT2D eigenvalue weighted by atomic mass is 16.6. The first-order valence-corrected chi connectivity index (χ1v) is 15.6. The molecule has 44 heavy (non-hydrogen) atoms. The van der Waals surface area contributed by atoms with E-state index in [2.05, 4.69) is 22.8 Å². The van der Waals surface area contributed by atoms with Gasteiger partial charge in [-0.3, -0.25) is 9.59 Å². The SMILES string of the molecule is COCCCCC1(CNC(=O)[C@H]2C[C@@H](C(=O)NCCCO)CN(C(=O)OC(C)(C)C)C2)c2ccccc2Oc2ccccc21. The number of carbonyl (C=O) groups is 3. The van der Waals surface area contributed by atoms with E-state index in [1.807, 2.05) is 36.4 Å². The Labute approximate surface area is 260 Å². The summed E-state index contributed by atoms with van der Waals surface area (Å²) in [6.07, 6.45) is 2.68. The topological polar surface area (TPSA) is 126 Å². The maximum Gasteiger partial charge on any atom is 0.410 e. The van der Waals surface area contributed by atoms with Crippen molar-refractivity contribution in [3.05, 3.63) is 59.7 Å². The molecule has 2 aliphatic heterocycles. The number of likely N-dealkylation sites (tertiary alicyclic amines) is 1. The van der Waals surface area contributed by atoms with Crippen molar-refractivity contribution in [1.29, 1.82) is 0 Å². The van der Waals surface area contributed by atoms with Gasteiger partial charge in [0.05, 0.1) is 11.8 Å². The average molecular weight is 610 g/mol. The quantitative estimate of drug-likeness (QED) is 0.305. The highest BCUT2D eigenvalue weighted by Gasteiger charge is 2.43. The number of aliphatic hydroxyl groups excluding tert-OH is 1. The lowest BCUT2D eigenvalue weighted by Gasteiger charge is -2.41. The van der Waals surface area contributed by atoms with E-state index >= 15 is 0 Å². The van der Waals surface area contributed by atoms with Crippen LogP contribution in [0.4, 0.5) is 4.79 Å². The molecule has 1 fully saturated rings. The van der Waals surface area contributed by atoms with Gasteiger partial charge in [-0.1, -0.05) is 36.4 Å². The molecule has 1 saturated heterocycles. The zero-order chi connectivity index (χ0) is 31.7. The van der Waals surface area contributed by atoms with Gasteiger partial charge in [0, 0.05) is 63.0 Å². The van der Waals surface area contributed by atoms with E-state index in [4.69, 9.17) is 19.3 Å². The van der Waals surface area contributed by atoms with Crippen molar-refractivity contribution in [1.82, 2.24) is 15.5 Å². The predicted molar refractivity (Wildman–Crippen MR) is 167 cm³/mol. The van der Waals surface area contributed by atoms with Crippen LogP contribution in [0.2, 0.25) is 0 Å². The fourth-order valence-corrected chi connectivity index (χ4v) is 6.16. The number of fused-ring (bicyclic) bond motifs is 2. The minimum atomic E-state index is -0.718. The predicted octanol–water partition coefficient (Wildman–Crippen LogP) is 4.38. The van der Waals surface area contributed by atoms with Crippen LogP contribution in [0.25, 0.3) is 0 Å². The van der Waals surface area contributed by atoms with Crippen LogP contribution in [0.15, 0.2) is 48.5 Å². The number of amides is 3. The molecule has 0 unspecified atom stereocenters. The molecule has 4 rings (SSSR count). The van der Waals surface area contributed by atoms with Gasteiger partial charge in [-0.05, 0) is 65.0 Å². The Balaban J connectivity index is 1.59. The normalized spacial score (nSPS) is 18.8. The molecule has 3 amide bonds. The second-order valence-corrected chi connectivity index (χ2v) is 12.7. The van der Waals surface area contributed by atoms with Gasteiger partial charge in [-0.15, -0.1) is 0 Å². The Kier molecular flexibility index (Phi) is 11.3. The van der Waals surface area contributed by atoms with Crippen LogP contribution in [0.3, 0.4) is 0 Å². The van der Waals surface area contributed by atoms with Crippen molar-refractivity contribution in [3.8, 4) is 11.5 Å². The number of hydrogen-bond acceptors (Lipinski definition) is 7. The van der Waals surface area contributed by atoms with Crippen molar-refractivity contribution < 1.29 is 33.7 Å². The van der Waals surface area contributed by atoms with Crippen LogP contribution >= 0.6 is 0 Å². The molecular formula is C34H47N3O7. The molecule has 10 heteroatoms. The molecule has 0 aliphatic carbocycles. The number of carbonyl (C=O) groups excluding carboxylic acids is 3. The minimum absolute atomic E-state index is 0.0372. The van der Waals surface area contributed by atoms with Crippen LogP contribution in [0, 0.1) is 11.8 Å². The van der Waals surface area contributed by atoms with Crippen molar-refractivity contribution in [2.45, 2.75) is 63.9 Å². The first kappa shape index (κ1) is 33.3. The van der Waals surface area contributed by atoms with Crippen LogP contribution in [0.5, 0.6) is 11.5 Å². The van der Waals surface area contributed by atoms with E-state index in [0.717, 1.165) is 41.9 Å². The third-order valence-electron chi connectivity index (χ3n) is 8.27. The molecular weight excluding hydrogens is 562 g/mol. The lowest BCUT2D eigenvalue weighted by Crippen LogP contribution is -2.54. The number of aliphatic hydroxyl groups is 1. The highest BCUT2D eigenvalue weighted by molar-refractivity contribution is 5.84. The van der Waals surface area contributed by atoms with E-state index in [9.17, 15) is 14.4 Å². The van der Waals surface area contributed by atoms with E-state index in [1.54, 1.807) is 27.9 Å². The van der Waals surface area contributed by atoms with Crippen molar-refractivity contribution in [2.75, 3.05) is 46.5 Å². The van der Waals surface area contributed by atoms with Gasteiger partial charge in [-0.25, -0.2) is 4.79 Å². The maximum atomic E-state index is 14.0. The van der Waals surface area contributed by atoms with Crippen molar-refractivity contribution >= 4 is 17.9 Å². The summed E-state index contributed by atoms with van der Waals surface area (Å²) in [6, 6.07) is 15.9. The molecule has 0 aromatic heterocycles.